The highest BCUT2D eigenvalue weighted by atomic mass is 19.4. The molecule has 0 aromatic rings. The highest BCUT2D eigenvalue weighted by Gasteiger charge is 2.45. The summed E-state index contributed by atoms with van der Waals surface area (Å²) < 4.78 is 41.0. The second kappa shape index (κ2) is 5.95. The number of rotatable bonds is 6. The summed E-state index contributed by atoms with van der Waals surface area (Å²) >= 11 is 0. The molecule has 0 rings (SSSR count). The summed E-state index contributed by atoms with van der Waals surface area (Å²) in [7, 11) is 0. The average Bonchev–Trinajstić information content (AvgIpc) is 1.99. The van der Waals surface area contributed by atoms with Crippen molar-refractivity contribution in [3.05, 3.63) is 0 Å². The third-order valence-corrected chi connectivity index (χ3v) is 1.82. The lowest BCUT2D eigenvalue weighted by atomic mass is 10.1. The van der Waals surface area contributed by atoms with Gasteiger partial charge in [-0.1, -0.05) is 13.8 Å². The van der Waals surface area contributed by atoms with E-state index in [4.69, 9.17) is 9.84 Å². The molecular weight excluding hydrogens is 213 g/mol. The van der Waals surface area contributed by atoms with Gasteiger partial charge < -0.3 is 9.84 Å². The van der Waals surface area contributed by atoms with E-state index in [-0.39, 0.29) is 6.61 Å². The van der Waals surface area contributed by atoms with Crippen LogP contribution in [0.5, 0.6) is 0 Å². The van der Waals surface area contributed by atoms with Crippen molar-refractivity contribution in [1.82, 2.24) is 0 Å². The Balaban J connectivity index is 3.94. The Morgan fingerprint density at radius 2 is 1.93 bits per heavy atom. The zero-order valence-electron chi connectivity index (χ0n) is 8.67. The normalized spacial score (nSPS) is 14.3. The molecule has 1 N–H and O–H groups in total. The van der Waals surface area contributed by atoms with E-state index in [2.05, 4.69) is 0 Å². The van der Waals surface area contributed by atoms with E-state index in [0.29, 0.717) is 12.3 Å². The van der Waals surface area contributed by atoms with Crippen LogP contribution in [0.2, 0.25) is 0 Å². The summed E-state index contributed by atoms with van der Waals surface area (Å²) in [6.07, 6.45) is -4.13. The van der Waals surface area contributed by atoms with Crippen LogP contribution in [-0.4, -0.2) is 30.5 Å². The smallest absolute Gasteiger partial charge is 0.404 e. The molecule has 0 aromatic carbocycles. The molecule has 0 aliphatic carbocycles. The number of aliphatic carboxylic acids is 1. The standard InChI is InChI=1S/C9H15F3O3/c1-6(2)3-4-15-5-7(8(13)14)9(10,11)12/h6-7H,3-5H2,1-2H3,(H,13,14). The fraction of sp³-hybridized carbons (Fsp3) is 0.889. The van der Waals surface area contributed by atoms with Gasteiger partial charge in [-0.2, -0.15) is 13.2 Å². The predicted octanol–water partition coefficient (Wildman–Crippen LogP) is 2.31. The maximum atomic E-state index is 12.1. The van der Waals surface area contributed by atoms with Gasteiger partial charge in [-0.15, -0.1) is 0 Å². The van der Waals surface area contributed by atoms with Gasteiger partial charge in [0, 0.05) is 6.61 Å². The van der Waals surface area contributed by atoms with Crippen LogP contribution in [-0.2, 0) is 9.53 Å². The van der Waals surface area contributed by atoms with Gasteiger partial charge in [-0.05, 0) is 12.3 Å². The molecule has 0 saturated carbocycles. The molecule has 90 valence electrons. The molecule has 0 aliphatic heterocycles. The lowest BCUT2D eigenvalue weighted by molar-refractivity contribution is -0.202. The topological polar surface area (TPSA) is 46.5 Å². The van der Waals surface area contributed by atoms with Crippen LogP contribution in [0, 0.1) is 11.8 Å². The number of ether oxygens (including phenoxy) is 1. The quantitative estimate of drug-likeness (QED) is 0.709. The van der Waals surface area contributed by atoms with Gasteiger partial charge in [0.05, 0.1) is 6.61 Å². The summed E-state index contributed by atoms with van der Waals surface area (Å²) in [4.78, 5) is 10.3. The van der Waals surface area contributed by atoms with Crippen LogP contribution in [0.15, 0.2) is 0 Å². The van der Waals surface area contributed by atoms with Crippen molar-refractivity contribution in [2.45, 2.75) is 26.4 Å². The molecule has 0 amide bonds. The third-order valence-electron chi connectivity index (χ3n) is 1.82. The van der Waals surface area contributed by atoms with Gasteiger partial charge >= 0.3 is 12.1 Å². The number of hydrogen-bond acceptors (Lipinski definition) is 2. The van der Waals surface area contributed by atoms with E-state index in [9.17, 15) is 18.0 Å². The van der Waals surface area contributed by atoms with Crippen molar-refractivity contribution in [2.24, 2.45) is 11.8 Å². The summed E-state index contributed by atoms with van der Waals surface area (Å²) in [6, 6.07) is 0. The fourth-order valence-electron chi connectivity index (χ4n) is 0.826. The number of alkyl halides is 3. The first-order chi connectivity index (χ1) is 6.75. The first kappa shape index (κ1) is 14.2. The van der Waals surface area contributed by atoms with Gasteiger partial charge in [0.15, 0.2) is 5.92 Å². The summed E-state index contributed by atoms with van der Waals surface area (Å²) in [6.45, 7) is 3.15. The lowest BCUT2D eigenvalue weighted by Crippen LogP contribution is -2.34. The van der Waals surface area contributed by atoms with E-state index in [0.717, 1.165) is 0 Å². The number of carboxylic acids is 1. The second-order valence-electron chi connectivity index (χ2n) is 3.69. The highest BCUT2D eigenvalue weighted by molar-refractivity contribution is 5.71. The molecule has 6 heteroatoms. The predicted molar refractivity (Wildman–Crippen MR) is 47.5 cm³/mol. The van der Waals surface area contributed by atoms with Crippen molar-refractivity contribution < 1.29 is 27.8 Å². The minimum atomic E-state index is -4.75. The zero-order chi connectivity index (χ0) is 12.1. The molecule has 0 aliphatic rings. The molecule has 15 heavy (non-hydrogen) atoms. The van der Waals surface area contributed by atoms with E-state index in [1.54, 1.807) is 0 Å². The molecule has 0 radical (unpaired) electrons. The molecule has 0 heterocycles. The number of carbonyl (C=O) groups is 1. The van der Waals surface area contributed by atoms with Crippen molar-refractivity contribution >= 4 is 5.97 Å². The summed E-state index contributed by atoms with van der Waals surface area (Å²) in [5, 5.41) is 8.32. The van der Waals surface area contributed by atoms with Gasteiger partial charge in [0.2, 0.25) is 0 Å². The third kappa shape index (κ3) is 6.33. The van der Waals surface area contributed by atoms with Gasteiger partial charge in [-0.25, -0.2) is 0 Å². The summed E-state index contributed by atoms with van der Waals surface area (Å²) in [5.41, 5.74) is 0. The van der Waals surface area contributed by atoms with Gasteiger partial charge in [-0.3, -0.25) is 4.79 Å². The van der Waals surface area contributed by atoms with Crippen molar-refractivity contribution in [2.75, 3.05) is 13.2 Å². The molecule has 0 fully saturated rings. The molecule has 0 saturated heterocycles. The summed E-state index contributed by atoms with van der Waals surface area (Å²) in [5.74, 6) is -4.00. The van der Waals surface area contributed by atoms with Gasteiger partial charge in [0.1, 0.15) is 0 Å². The van der Waals surface area contributed by atoms with Crippen LogP contribution >= 0.6 is 0 Å². The minimum absolute atomic E-state index is 0.150. The maximum absolute atomic E-state index is 12.1. The van der Waals surface area contributed by atoms with Crippen molar-refractivity contribution in [3.63, 3.8) is 0 Å². The first-order valence-electron chi connectivity index (χ1n) is 4.62. The first-order valence-corrected chi connectivity index (χ1v) is 4.62. The Kier molecular flexibility index (Phi) is 5.64. The Morgan fingerprint density at radius 1 is 1.40 bits per heavy atom. The van der Waals surface area contributed by atoms with Gasteiger partial charge in [0.25, 0.3) is 0 Å². The van der Waals surface area contributed by atoms with Crippen molar-refractivity contribution in [1.29, 1.82) is 0 Å². The Hall–Kier alpha value is -0.780. The van der Waals surface area contributed by atoms with E-state index in [1.165, 1.54) is 0 Å². The maximum Gasteiger partial charge on any atom is 0.404 e. The average molecular weight is 228 g/mol. The van der Waals surface area contributed by atoms with Crippen LogP contribution < -0.4 is 0 Å². The number of carboxylic acid groups (broad SMARTS) is 1. The van der Waals surface area contributed by atoms with Crippen LogP contribution in [0.1, 0.15) is 20.3 Å². The fourth-order valence-corrected chi connectivity index (χ4v) is 0.826. The van der Waals surface area contributed by atoms with Crippen molar-refractivity contribution in [3.8, 4) is 0 Å². The lowest BCUT2D eigenvalue weighted by Gasteiger charge is -2.16. The SMILES string of the molecule is CC(C)CCOCC(C(=O)O)C(F)(F)F. The zero-order valence-corrected chi connectivity index (χ0v) is 8.67. The van der Waals surface area contributed by atoms with E-state index in [1.807, 2.05) is 13.8 Å². The molecule has 0 bridgehead atoms. The highest BCUT2D eigenvalue weighted by Crippen LogP contribution is 2.26. The molecule has 0 spiro atoms. The molecule has 1 unspecified atom stereocenters. The Bertz CT molecular complexity index is 201. The molecule has 1 atom stereocenters. The second-order valence-corrected chi connectivity index (χ2v) is 3.69. The Labute approximate surface area is 86.2 Å². The number of hydrogen-bond donors (Lipinski definition) is 1. The molecular formula is C9H15F3O3. The van der Waals surface area contributed by atoms with Crippen LogP contribution in [0.25, 0.3) is 0 Å². The van der Waals surface area contributed by atoms with Crippen LogP contribution in [0.3, 0.4) is 0 Å². The minimum Gasteiger partial charge on any atom is -0.481 e. The van der Waals surface area contributed by atoms with E-state index < -0.39 is 24.7 Å². The number of halogens is 3. The largest absolute Gasteiger partial charge is 0.481 e. The molecule has 3 nitrogen and oxygen atoms in total. The monoisotopic (exact) mass is 228 g/mol. The molecule has 0 aromatic heterocycles. The van der Waals surface area contributed by atoms with Crippen LogP contribution in [0.4, 0.5) is 13.2 Å². The van der Waals surface area contributed by atoms with E-state index >= 15 is 0 Å². The Morgan fingerprint density at radius 3 is 2.27 bits per heavy atom.